The Bertz CT molecular complexity index is 273. The normalized spacial score (nSPS) is 44.1. The van der Waals surface area contributed by atoms with Crippen molar-refractivity contribution in [2.75, 3.05) is 26.3 Å². The number of piperazine rings is 1. The van der Waals surface area contributed by atoms with Crippen LogP contribution in [0.5, 0.6) is 0 Å². The lowest BCUT2D eigenvalue weighted by molar-refractivity contribution is -0.00574. The van der Waals surface area contributed by atoms with Crippen LogP contribution < -0.4 is 5.32 Å². The number of ether oxygens (including phenoxy) is 1. The largest absolute Gasteiger partial charge is 0.380 e. The molecule has 2 aliphatic heterocycles. The second-order valence-corrected chi connectivity index (χ2v) is 6.29. The van der Waals surface area contributed by atoms with Gasteiger partial charge in [0, 0.05) is 37.3 Å². The van der Waals surface area contributed by atoms with Crippen LogP contribution in [0.3, 0.4) is 0 Å². The van der Waals surface area contributed by atoms with Crippen LogP contribution in [0.2, 0.25) is 0 Å². The zero-order valence-electron chi connectivity index (χ0n) is 11.2. The van der Waals surface area contributed by atoms with E-state index in [4.69, 9.17) is 4.74 Å². The minimum absolute atomic E-state index is 0.393. The number of hydrogen-bond donors (Lipinski definition) is 1. The van der Waals surface area contributed by atoms with Gasteiger partial charge in [0.2, 0.25) is 0 Å². The highest BCUT2D eigenvalue weighted by molar-refractivity contribution is 5.06. The Labute approximate surface area is 105 Å². The van der Waals surface area contributed by atoms with E-state index < -0.39 is 0 Å². The van der Waals surface area contributed by atoms with Crippen molar-refractivity contribution in [2.45, 2.75) is 57.2 Å². The zero-order valence-corrected chi connectivity index (χ0v) is 11.2. The molecule has 0 bridgehead atoms. The number of nitrogens with zero attached hydrogens (tertiary/aromatic N) is 1. The minimum atomic E-state index is 0.393. The highest BCUT2D eigenvalue weighted by atomic mass is 16.5. The molecule has 3 fully saturated rings. The molecule has 0 aromatic carbocycles. The Morgan fingerprint density at radius 1 is 1.35 bits per heavy atom. The summed E-state index contributed by atoms with van der Waals surface area (Å²) in [7, 11) is 0. The summed E-state index contributed by atoms with van der Waals surface area (Å²) in [6.07, 6.45) is 5.33. The Morgan fingerprint density at radius 2 is 2.18 bits per heavy atom. The monoisotopic (exact) mass is 238 g/mol. The molecule has 3 heteroatoms. The van der Waals surface area contributed by atoms with Crippen molar-refractivity contribution in [3.05, 3.63) is 0 Å². The summed E-state index contributed by atoms with van der Waals surface area (Å²) in [5, 5.41) is 3.75. The van der Waals surface area contributed by atoms with E-state index in [9.17, 15) is 0 Å². The maximum absolute atomic E-state index is 5.61. The molecule has 98 valence electrons. The van der Waals surface area contributed by atoms with Gasteiger partial charge in [-0.05, 0) is 38.5 Å². The maximum atomic E-state index is 5.61. The van der Waals surface area contributed by atoms with Gasteiger partial charge in [0.15, 0.2) is 0 Å². The first-order valence-corrected chi connectivity index (χ1v) is 7.32. The van der Waals surface area contributed by atoms with Crippen LogP contribution in [0.4, 0.5) is 0 Å². The molecule has 3 atom stereocenters. The fourth-order valence-electron chi connectivity index (χ4n) is 3.65. The Hall–Kier alpha value is -0.120. The zero-order chi connectivity index (χ0) is 11.9. The van der Waals surface area contributed by atoms with Crippen molar-refractivity contribution in [3.8, 4) is 0 Å². The topological polar surface area (TPSA) is 24.5 Å². The van der Waals surface area contributed by atoms with Crippen LogP contribution >= 0.6 is 0 Å². The van der Waals surface area contributed by atoms with Crippen molar-refractivity contribution in [2.24, 2.45) is 5.92 Å². The predicted octanol–water partition coefficient (Wildman–Crippen LogP) is 1.63. The lowest BCUT2D eigenvalue weighted by Crippen LogP contribution is -2.67. The van der Waals surface area contributed by atoms with Gasteiger partial charge in [0.1, 0.15) is 0 Å². The smallest absolute Gasteiger partial charge is 0.0622 e. The molecule has 1 saturated carbocycles. The van der Waals surface area contributed by atoms with Gasteiger partial charge in [0.25, 0.3) is 0 Å². The third-order valence-corrected chi connectivity index (χ3v) is 5.12. The molecule has 0 amide bonds. The summed E-state index contributed by atoms with van der Waals surface area (Å²) in [4.78, 5) is 2.79. The van der Waals surface area contributed by atoms with Crippen LogP contribution in [0.1, 0.15) is 39.5 Å². The van der Waals surface area contributed by atoms with E-state index in [-0.39, 0.29) is 0 Å². The van der Waals surface area contributed by atoms with Crippen LogP contribution in [-0.2, 0) is 4.74 Å². The number of hydrogen-bond acceptors (Lipinski definition) is 3. The summed E-state index contributed by atoms with van der Waals surface area (Å²) in [6, 6.07) is 1.36. The Morgan fingerprint density at radius 3 is 2.76 bits per heavy atom. The van der Waals surface area contributed by atoms with Crippen LogP contribution in [0.15, 0.2) is 0 Å². The molecule has 3 nitrogen and oxygen atoms in total. The van der Waals surface area contributed by atoms with E-state index in [0.29, 0.717) is 17.6 Å². The predicted molar refractivity (Wildman–Crippen MR) is 69.1 cm³/mol. The summed E-state index contributed by atoms with van der Waals surface area (Å²) in [5.41, 5.74) is 0.393. The lowest BCUT2D eigenvalue weighted by atomic mass is 9.87. The van der Waals surface area contributed by atoms with E-state index in [1.54, 1.807) is 0 Å². The first-order chi connectivity index (χ1) is 8.24. The Balaban J connectivity index is 1.76. The second-order valence-electron chi connectivity index (χ2n) is 6.29. The first-order valence-electron chi connectivity index (χ1n) is 7.32. The van der Waals surface area contributed by atoms with Gasteiger partial charge in [0.05, 0.1) is 6.61 Å². The van der Waals surface area contributed by atoms with Gasteiger partial charge in [-0.1, -0.05) is 6.92 Å². The average Bonchev–Trinajstić information content (AvgIpc) is 3.08. The van der Waals surface area contributed by atoms with Gasteiger partial charge in [-0.2, -0.15) is 0 Å². The standard InChI is InChI=1S/C14H26N2O/c1-3-12-8-16(13-6-7-17-9-13)14(2,10-15-12)11-4-5-11/h11-13,15H,3-10H2,1-2H3. The van der Waals surface area contributed by atoms with Gasteiger partial charge < -0.3 is 10.1 Å². The van der Waals surface area contributed by atoms with E-state index in [1.165, 1.54) is 38.8 Å². The highest BCUT2D eigenvalue weighted by Crippen LogP contribution is 2.45. The third-order valence-electron chi connectivity index (χ3n) is 5.12. The molecule has 1 aliphatic carbocycles. The molecule has 2 heterocycles. The molecule has 0 aromatic rings. The van der Waals surface area contributed by atoms with Gasteiger partial charge in [-0.15, -0.1) is 0 Å². The summed E-state index contributed by atoms with van der Waals surface area (Å²) in [6.45, 7) is 9.08. The van der Waals surface area contributed by atoms with Crippen molar-refractivity contribution in [1.82, 2.24) is 10.2 Å². The molecule has 2 saturated heterocycles. The van der Waals surface area contributed by atoms with Gasteiger partial charge >= 0.3 is 0 Å². The minimum Gasteiger partial charge on any atom is -0.380 e. The molecular weight excluding hydrogens is 212 g/mol. The quantitative estimate of drug-likeness (QED) is 0.809. The molecule has 1 N–H and O–H groups in total. The molecule has 0 radical (unpaired) electrons. The van der Waals surface area contributed by atoms with Crippen LogP contribution in [0.25, 0.3) is 0 Å². The lowest BCUT2D eigenvalue weighted by Gasteiger charge is -2.51. The molecular formula is C14H26N2O. The molecule has 17 heavy (non-hydrogen) atoms. The van der Waals surface area contributed by atoms with Crippen molar-refractivity contribution >= 4 is 0 Å². The maximum Gasteiger partial charge on any atom is 0.0622 e. The van der Waals surface area contributed by atoms with Crippen molar-refractivity contribution < 1.29 is 4.74 Å². The number of nitrogens with one attached hydrogen (secondary N) is 1. The summed E-state index contributed by atoms with van der Waals surface area (Å²) >= 11 is 0. The highest BCUT2D eigenvalue weighted by Gasteiger charge is 2.50. The second kappa shape index (κ2) is 4.52. The fourth-order valence-corrected chi connectivity index (χ4v) is 3.65. The molecule has 3 aliphatic rings. The SMILES string of the molecule is CCC1CN(C2CCOC2)C(C)(C2CC2)CN1. The van der Waals surface area contributed by atoms with Crippen molar-refractivity contribution in [3.63, 3.8) is 0 Å². The third kappa shape index (κ3) is 2.13. The van der Waals surface area contributed by atoms with Gasteiger partial charge in [-0.3, -0.25) is 4.90 Å². The average molecular weight is 238 g/mol. The Kier molecular flexibility index (Phi) is 3.18. The van der Waals surface area contributed by atoms with E-state index >= 15 is 0 Å². The molecule has 3 rings (SSSR count). The molecule has 0 spiro atoms. The first kappa shape index (κ1) is 11.9. The van der Waals surface area contributed by atoms with E-state index in [1.807, 2.05) is 0 Å². The van der Waals surface area contributed by atoms with E-state index in [0.717, 1.165) is 19.1 Å². The van der Waals surface area contributed by atoms with Crippen LogP contribution in [0, 0.1) is 5.92 Å². The molecule has 3 unspecified atom stereocenters. The van der Waals surface area contributed by atoms with E-state index in [2.05, 4.69) is 24.1 Å². The summed E-state index contributed by atoms with van der Waals surface area (Å²) < 4.78 is 5.61. The summed E-state index contributed by atoms with van der Waals surface area (Å²) in [5.74, 6) is 0.924. The van der Waals surface area contributed by atoms with Crippen molar-refractivity contribution in [1.29, 1.82) is 0 Å². The molecule has 0 aromatic heterocycles. The van der Waals surface area contributed by atoms with Gasteiger partial charge in [-0.25, -0.2) is 0 Å². The van der Waals surface area contributed by atoms with Crippen LogP contribution in [-0.4, -0.2) is 48.8 Å². The number of rotatable bonds is 3. The fraction of sp³-hybridized carbons (Fsp3) is 1.00.